The second kappa shape index (κ2) is 6.52. The van der Waals surface area contributed by atoms with Crippen molar-refractivity contribution in [2.75, 3.05) is 25.4 Å². The number of rotatable bonds is 4. The molecule has 0 saturated carbocycles. The van der Waals surface area contributed by atoms with Crippen LogP contribution in [0.3, 0.4) is 0 Å². The summed E-state index contributed by atoms with van der Waals surface area (Å²) in [6.07, 6.45) is 4.23. The normalized spacial score (nSPS) is 34.3. The van der Waals surface area contributed by atoms with Crippen LogP contribution in [0.5, 0.6) is 0 Å². The van der Waals surface area contributed by atoms with Crippen molar-refractivity contribution < 1.29 is 13.2 Å². The van der Waals surface area contributed by atoms with Crippen molar-refractivity contribution >= 4 is 10.0 Å². The molecule has 0 aromatic rings. The highest BCUT2D eigenvalue weighted by Crippen LogP contribution is 2.17. The minimum atomic E-state index is -3.14. The molecule has 2 saturated heterocycles. The van der Waals surface area contributed by atoms with E-state index in [0.29, 0.717) is 19.1 Å². The number of hydrogen-bond acceptors (Lipinski definition) is 4. The number of hydrogen-bond donors (Lipinski definition) is 1. The van der Waals surface area contributed by atoms with Gasteiger partial charge in [-0.1, -0.05) is 6.42 Å². The number of nitrogens with zero attached hydrogens (tertiary/aromatic N) is 1. The van der Waals surface area contributed by atoms with Gasteiger partial charge in [0.05, 0.1) is 18.0 Å². The average Bonchev–Trinajstić information content (AvgIpc) is 2.37. The molecule has 0 aliphatic carbocycles. The predicted molar refractivity (Wildman–Crippen MR) is 75.6 cm³/mol. The number of nitrogens with one attached hydrogen (secondary N) is 1. The largest absolute Gasteiger partial charge is 0.373 e. The molecule has 2 aliphatic heterocycles. The molecule has 1 N–H and O–H groups in total. The Morgan fingerprint density at radius 2 is 1.89 bits per heavy atom. The molecule has 3 atom stereocenters. The van der Waals surface area contributed by atoms with Crippen LogP contribution in [0.1, 0.15) is 39.5 Å². The molecule has 1 unspecified atom stereocenters. The van der Waals surface area contributed by atoms with Crippen LogP contribution < -0.4 is 5.32 Å². The third-order valence-corrected chi connectivity index (χ3v) is 5.75. The zero-order chi connectivity index (χ0) is 13.9. The SMILES string of the molecule is C[C@@H]1CN(S(=O)(=O)CCC2CCCCN2)C[C@H](C)O1. The average molecular weight is 290 g/mol. The van der Waals surface area contributed by atoms with Crippen LogP contribution in [0.2, 0.25) is 0 Å². The first kappa shape index (κ1) is 15.2. The quantitative estimate of drug-likeness (QED) is 0.838. The summed E-state index contributed by atoms with van der Waals surface area (Å²) in [6, 6.07) is 0.374. The van der Waals surface area contributed by atoms with Crippen molar-refractivity contribution in [2.45, 2.75) is 57.8 Å². The van der Waals surface area contributed by atoms with Crippen molar-refractivity contribution in [3.05, 3.63) is 0 Å². The van der Waals surface area contributed by atoms with Gasteiger partial charge in [-0.3, -0.25) is 0 Å². The molecule has 5 nitrogen and oxygen atoms in total. The van der Waals surface area contributed by atoms with E-state index in [9.17, 15) is 8.42 Å². The van der Waals surface area contributed by atoms with E-state index in [1.807, 2.05) is 13.8 Å². The smallest absolute Gasteiger partial charge is 0.214 e. The molecule has 0 radical (unpaired) electrons. The van der Waals surface area contributed by atoms with Crippen molar-refractivity contribution in [2.24, 2.45) is 0 Å². The summed E-state index contributed by atoms with van der Waals surface area (Å²) < 4.78 is 31.9. The topological polar surface area (TPSA) is 58.6 Å². The number of ether oxygens (including phenoxy) is 1. The van der Waals surface area contributed by atoms with E-state index in [2.05, 4.69) is 5.32 Å². The molecule has 2 rings (SSSR count). The Labute approximate surface area is 116 Å². The highest BCUT2D eigenvalue weighted by Gasteiger charge is 2.31. The molecule has 0 aromatic heterocycles. The van der Waals surface area contributed by atoms with E-state index in [0.717, 1.165) is 19.4 Å². The first-order valence-electron chi connectivity index (χ1n) is 7.34. The maximum Gasteiger partial charge on any atom is 0.214 e. The Bertz CT molecular complexity index is 369. The van der Waals surface area contributed by atoms with Gasteiger partial charge < -0.3 is 10.1 Å². The lowest BCUT2D eigenvalue weighted by molar-refractivity contribution is -0.0440. The molecule has 19 heavy (non-hydrogen) atoms. The number of sulfonamides is 1. The lowest BCUT2D eigenvalue weighted by Crippen LogP contribution is -2.49. The zero-order valence-corrected chi connectivity index (χ0v) is 12.8. The molecule has 2 fully saturated rings. The molecule has 0 spiro atoms. The zero-order valence-electron chi connectivity index (χ0n) is 12.0. The Hall–Kier alpha value is -0.170. The predicted octanol–water partition coefficient (Wildman–Crippen LogP) is 0.958. The minimum Gasteiger partial charge on any atom is -0.373 e. The molecule has 0 bridgehead atoms. The molecule has 2 aliphatic rings. The van der Waals surface area contributed by atoms with E-state index in [1.54, 1.807) is 4.31 Å². The molecule has 112 valence electrons. The highest BCUT2D eigenvalue weighted by molar-refractivity contribution is 7.89. The van der Waals surface area contributed by atoms with Gasteiger partial charge in [-0.15, -0.1) is 0 Å². The van der Waals surface area contributed by atoms with Crippen LogP contribution in [0.4, 0.5) is 0 Å². The second-order valence-corrected chi connectivity index (χ2v) is 7.91. The molecule has 0 aromatic carbocycles. The second-order valence-electron chi connectivity index (χ2n) is 5.83. The standard InChI is InChI=1S/C13H26N2O3S/c1-11-9-15(10-12(2)18-11)19(16,17)8-6-13-5-3-4-7-14-13/h11-14H,3-10H2,1-2H3/t11-,12+,13?. The number of piperidine rings is 1. The molecule has 6 heteroatoms. The van der Waals surface area contributed by atoms with Gasteiger partial charge in [-0.05, 0) is 39.7 Å². The highest BCUT2D eigenvalue weighted by atomic mass is 32.2. The first-order chi connectivity index (χ1) is 8.97. The Morgan fingerprint density at radius 1 is 1.21 bits per heavy atom. The summed E-state index contributed by atoms with van der Waals surface area (Å²) in [5, 5.41) is 3.40. The van der Waals surface area contributed by atoms with Crippen molar-refractivity contribution in [1.29, 1.82) is 0 Å². The summed E-state index contributed by atoms with van der Waals surface area (Å²) in [6.45, 7) is 5.87. The van der Waals surface area contributed by atoms with Gasteiger partial charge in [0, 0.05) is 19.1 Å². The van der Waals surface area contributed by atoms with E-state index in [-0.39, 0.29) is 18.0 Å². The van der Waals surface area contributed by atoms with Gasteiger partial charge in [0.1, 0.15) is 0 Å². The fraction of sp³-hybridized carbons (Fsp3) is 1.00. The van der Waals surface area contributed by atoms with Gasteiger partial charge in [-0.2, -0.15) is 4.31 Å². The third kappa shape index (κ3) is 4.41. The van der Waals surface area contributed by atoms with Crippen molar-refractivity contribution in [1.82, 2.24) is 9.62 Å². The van der Waals surface area contributed by atoms with E-state index >= 15 is 0 Å². The van der Waals surface area contributed by atoms with Crippen molar-refractivity contribution in [3.8, 4) is 0 Å². The summed E-state index contributed by atoms with van der Waals surface area (Å²) in [5.41, 5.74) is 0. The lowest BCUT2D eigenvalue weighted by atomic mass is 10.0. The van der Waals surface area contributed by atoms with Crippen LogP contribution in [0, 0.1) is 0 Å². The Balaban J connectivity index is 1.86. The molecular weight excluding hydrogens is 264 g/mol. The first-order valence-corrected chi connectivity index (χ1v) is 8.95. The summed E-state index contributed by atoms with van der Waals surface area (Å²) in [5.74, 6) is 0.254. The Morgan fingerprint density at radius 3 is 2.47 bits per heavy atom. The maximum atomic E-state index is 12.4. The molecule has 2 heterocycles. The van der Waals surface area contributed by atoms with Gasteiger partial charge >= 0.3 is 0 Å². The van der Waals surface area contributed by atoms with E-state index < -0.39 is 10.0 Å². The fourth-order valence-electron chi connectivity index (χ4n) is 2.95. The summed E-state index contributed by atoms with van der Waals surface area (Å²) >= 11 is 0. The van der Waals surface area contributed by atoms with Crippen LogP contribution in [0.15, 0.2) is 0 Å². The van der Waals surface area contributed by atoms with Crippen LogP contribution >= 0.6 is 0 Å². The lowest BCUT2D eigenvalue weighted by Gasteiger charge is -2.35. The van der Waals surface area contributed by atoms with Crippen LogP contribution in [0.25, 0.3) is 0 Å². The minimum absolute atomic E-state index is 0.00803. The van der Waals surface area contributed by atoms with E-state index in [1.165, 1.54) is 12.8 Å². The van der Waals surface area contributed by atoms with Gasteiger partial charge in [-0.25, -0.2) is 8.42 Å². The Kier molecular flexibility index (Phi) is 5.22. The number of morpholine rings is 1. The van der Waals surface area contributed by atoms with Crippen molar-refractivity contribution in [3.63, 3.8) is 0 Å². The van der Waals surface area contributed by atoms with E-state index in [4.69, 9.17) is 4.74 Å². The van der Waals surface area contributed by atoms with Gasteiger partial charge in [0.2, 0.25) is 10.0 Å². The van der Waals surface area contributed by atoms with Crippen LogP contribution in [-0.4, -0.2) is 56.4 Å². The molecular formula is C13H26N2O3S. The third-order valence-electron chi connectivity index (χ3n) is 3.92. The maximum absolute atomic E-state index is 12.4. The van der Waals surface area contributed by atoms with Crippen LogP contribution in [-0.2, 0) is 14.8 Å². The molecule has 0 amide bonds. The summed E-state index contributed by atoms with van der Waals surface area (Å²) in [4.78, 5) is 0. The summed E-state index contributed by atoms with van der Waals surface area (Å²) in [7, 11) is -3.14. The fourth-order valence-corrected chi connectivity index (χ4v) is 4.66. The monoisotopic (exact) mass is 290 g/mol. The van der Waals surface area contributed by atoms with Gasteiger partial charge in [0.15, 0.2) is 0 Å². The van der Waals surface area contributed by atoms with Gasteiger partial charge in [0.25, 0.3) is 0 Å².